The standard InChI is InChI=1S/C20H33N3O2.HI/c1-5-16(3)23-19(21-6-2)22-15-20(11-13-25-14-12-20)17-7-9-18(24-4)10-8-17;/h7-10,16H,5-6,11-15H2,1-4H3,(H2,21,22,23);1H. The number of hydrogen-bond acceptors (Lipinski definition) is 3. The van der Waals surface area contributed by atoms with E-state index in [4.69, 9.17) is 14.5 Å². The number of aliphatic imine (C=N–C) groups is 1. The van der Waals surface area contributed by atoms with E-state index in [2.05, 4.69) is 43.5 Å². The highest BCUT2D eigenvalue weighted by Crippen LogP contribution is 2.36. The van der Waals surface area contributed by atoms with Gasteiger partial charge in [0.25, 0.3) is 0 Å². The summed E-state index contributed by atoms with van der Waals surface area (Å²) >= 11 is 0. The van der Waals surface area contributed by atoms with Crippen LogP contribution >= 0.6 is 24.0 Å². The van der Waals surface area contributed by atoms with Crippen LogP contribution in [-0.4, -0.2) is 45.4 Å². The number of guanidine groups is 1. The van der Waals surface area contributed by atoms with Crippen molar-refractivity contribution >= 4 is 29.9 Å². The predicted molar refractivity (Wildman–Crippen MR) is 119 cm³/mol. The Morgan fingerprint density at radius 1 is 1.23 bits per heavy atom. The van der Waals surface area contributed by atoms with Crippen LogP contribution < -0.4 is 15.4 Å². The molecule has 1 fully saturated rings. The van der Waals surface area contributed by atoms with Gasteiger partial charge in [0.05, 0.1) is 13.7 Å². The highest BCUT2D eigenvalue weighted by atomic mass is 127. The maximum Gasteiger partial charge on any atom is 0.191 e. The normalized spacial score (nSPS) is 17.8. The number of methoxy groups -OCH3 is 1. The van der Waals surface area contributed by atoms with Crippen molar-refractivity contribution in [3.05, 3.63) is 29.8 Å². The zero-order valence-corrected chi connectivity index (χ0v) is 18.8. The molecule has 1 aromatic carbocycles. The third kappa shape index (κ3) is 6.30. The number of ether oxygens (including phenoxy) is 2. The Morgan fingerprint density at radius 2 is 1.88 bits per heavy atom. The molecular weight excluding hydrogens is 441 g/mol. The van der Waals surface area contributed by atoms with Crippen molar-refractivity contribution in [2.75, 3.05) is 33.4 Å². The Hall–Kier alpha value is -1.02. The predicted octanol–water partition coefficient (Wildman–Crippen LogP) is 3.72. The van der Waals surface area contributed by atoms with Crippen LogP contribution in [0.3, 0.4) is 0 Å². The van der Waals surface area contributed by atoms with Crippen LogP contribution in [0.1, 0.15) is 45.6 Å². The van der Waals surface area contributed by atoms with Crippen LogP contribution in [0.25, 0.3) is 0 Å². The monoisotopic (exact) mass is 475 g/mol. The largest absolute Gasteiger partial charge is 0.497 e. The molecule has 2 N–H and O–H groups in total. The Labute approximate surface area is 175 Å². The minimum atomic E-state index is 0. The van der Waals surface area contributed by atoms with E-state index in [1.54, 1.807) is 7.11 Å². The lowest BCUT2D eigenvalue weighted by atomic mass is 9.74. The van der Waals surface area contributed by atoms with Crippen LogP contribution in [0.5, 0.6) is 5.75 Å². The van der Waals surface area contributed by atoms with Gasteiger partial charge in [0, 0.05) is 31.2 Å². The van der Waals surface area contributed by atoms with E-state index in [1.807, 2.05) is 12.1 Å². The fourth-order valence-electron chi connectivity index (χ4n) is 3.13. The van der Waals surface area contributed by atoms with Gasteiger partial charge in [0.1, 0.15) is 5.75 Å². The SMILES string of the molecule is CCNC(=NCC1(c2ccc(OC)cc2)CCOCC1)NC(C)CC.I. The molecule has 0 aromatic heterocycles. The van der Waals surface area contributed by atoms with Gasteiger partial charge in [0.2, 0.25) is 0 Å². The molecule has 0 radical (unpaired) electrons. The fourth-order valence-corrected chi connectivity index (χ4v) is 3.13. The molecule has 1 heterocycles. The van der Waals surface area contributed by atoms with Crippen LogP contribution in [0.2, 0.25) is 0 Å². The smallest absolute Gasteiger partial charge is 0.191 e. The fraction of sp³-hybridized carbons (Fsp3) is 0.650. The Bertz CT molecular complexity index is 542. The number of nitrogens with zero attached hydrogens (tertiary/aromatic N) is 1. The van der Waals surface area contributed by atoms with Crippen molar-refractivity contribution < 1.29 is 9.47 Å². The third-order valence-corrected chi connectivity index (χ3v) is 5.03. The molecule has 1 saturated heterocycles. The van der Waals surface area contributed by atoms with E-state index >= 15 is 0 Å². The second-order valence-electron chi connectivity index (χ2n) is 6.77. The molecule has 1 atom stereocenters. The number of rotatable bonds is 7. The molecule has 5 nitrogen and oxygen atoms in total. The molecule has 0 spiro atoms. The van der Waals surface area contributed by atoms with Crippen molar-refractivity contribution in [2.24, 2.45) is 4.99 Å². The molecule has 0 saturated carbocycles. The molecule has 1 unspecified atom stereocenters. The summed E-state index contributed by atoms with van der Waals surface area (Å²) in [7, 11) is 1.70. The highest BCUT2D eigenvalue weighted by Gasteiger charge is 2.34. The summed E-state index contributed by atoms with van der Waals surface area (Å²) < 4.78 is 10.9. The zero-order chi connectivity index (χ0) is 18.1. The summed E-state index contributed by atoms with van der Waals surface area (Å²) in [5.41, 5.74) is 1.35. The topological polar surface area (TPSA) is 54.9 Å². The first-order valence-electron chi connectivity index (χ1n) is 9.40. The summed E-state index contributed by atoms with van der Waals surface area (Å²) in [6, 6.07) is 8.84. The minimum Gasteiger partial charge on any atom is -0.497 e. The lowest BCUT2D eigenvalue weighted by molar-refractivity contribution is 0.0531. The molecule has 0 aliphatic carbocycles. The molecule has 6 heteroatoms. The highest BCUT2D eigenvalue weighted by molar-refractivity contribution is 14.0. The molecule has 148 valence electrons. The molecular formula is C20H34IN3O2. The summed E-state index contributed by atoms with van der Waals surface area (Å²) in [6.45, 7) is 9.66. The number of hydrogen-bond donors (Lipinski definition) is 2. The van der Waals surface area contributed by atoms with Gasteiger partial charge >= 0.3 is 0 Å². The van der Waals surface area contributed by atoms with Gasteiger partial charge in [-0.1, -0.05) is 19.1 Å². The van der Waals surface area contributed by atoms with E-state index in [1.165, 1.54) is 5.56 Å². The Kier molecular flexibility index (Phi) is 10.3. The third-order valence-electron chi connectivity index (χ3n) is 5.03. The van der Waals surface area contributed by atoms with Crippen LogP contribution in [0, 0.1) is 0 Å². The molecule has 0 bridgehead atoms. The summed E-state index contributed by atoms with van der Waals surface area (Å²) in [5.74, 6) is 1.79. The first kappa shape index (κ1) is 23.0. The lowest BCUT2D eigenvalue weighted by Gasteiger charge is -2.37. The van der Waals surface area contributed by atoms with Gasteiger partial charge in [-0.2, -0.15) is 0 Å². The van der Waals surface area contributed by atoms with Crippen LogP contribution in [0.4, 0.5) is 0 Å². The van der Waals surface area contributed by atoms with E-state index in [0.29, 0.717) is 6.04 Å². The molecule has 0 amide bonds. The molecule has 26 heavy (non-hydrogen) atoms. The number of halogens is 1. The maximum absolute atomic E-state index is 5.62. The summed E-state index contributed by atoms with van der Waals surface area (Å²) in [5, 5.41) is 6.84. The maximum atomic E-state index is 5.62. The van der Waals surface area contributed by atoms with Gasteiger partial charge in [-0.15, -0.1) is 24.0 Å². The van der Waals surface area contributed by atoms with Gasteiger partial charge < -0.3 is 20.1 Å². The lowest BCUT2D eigenvalue weighted by Crippen LogP contribution is -2.44. The van der Waals surface area contributed by atoms with Crippen molar-refractivity contribution in [3.63, 3.8) is 0 Å². The first-order chi connectivity index (χ1) is 12.1. The minimum absolute atomic E-state index is 0. The number of nitrogens with one attached hydrogen (secondary N) is 2. The van der Waals surface area contributed by atoms with Crippen molar-refractivity contribution in [2.45, 2.75) is 51.5 Å². The van der Waals surface area contributed by atoms with Crippen LogP contribution in [0.15, 0.2) is 29.3 Å². The summed E-state index contributed by atoms with van der Waals surface area (Å²) in [4.78, 5) is 4.92. The van der Waals surface area contributed by atoms with E-state index in [-0.39, 0.29) is 29.4 Å². The van der Waals surface area contributed by atoms with Crippen molar-refractivity contribution in [1.82, 2.24) is 10.6 Å². The van der Waals surface area contributed by atoms with Gasteiger partial charge in [-0.25, -0.2) is 0 Å². The molecule has 1 aliphatic rings. The molecule has 2 rings (SSSR count). The van der Waals surface area contributed by atoms with Crippen molar-refractivity contribution in [1.29, 1.82) is 0 Å². The van der Waals surface area contributed by atoms with E-state index in [0.717, 1.165) is 57.3 Å². The molecule has 1 aliphatic heterocycles. The van der Waals surface area contributed by atoms with Gasteiger partial charge in [-0.05, 0) is 50.8 Å². The average molecular weight is 475 g/mol. The van der Waals surface area contributed by atoms with Gasteiger partial charge in [-0.3, -0.25) is 4.99 Å². The second-order valence-corrected chi connectivity index (χ2v) is 6.77. The van der Waals surface area contributed by atoms with E-state index in [9.17, 15) is 0 Å². The second kappa shape index (κ2) is 11.6. The first-order valence-corrected chi connectivity index (χ1v) is 9.40. The average Bonchev–Trinajstić information content (AvgIpc) is 2.67. The summed E-state index contributed by atoms with van der Waals surface area (Å²) in [6.07, 6.45) is 3.05. The van der Waals surface area contributed by atoms with Gasteiger partial charge in [0.15, 0.2) is 5.96 Å². The Balaban J connectivity index is 0.00000338. The zero-order valence-electron chi connectivity index (χ0n) is 16.5. The molecule has 1 aromatic rings. The Morgan fingerprint density at radius 3 is 2.42 bits per heavy atom. The van der Waals surface area contributed by atoms with Crippen molar-refractivity contribution in [3.8, 4) is 5.75 Å². The van der Waals surface area contributed by atoms with Crippen LogP contribution in [-0.2, 0) is 10.2 Å². The number of benzene rings is 1. The van der Waals surface area contributed by atoms with E-state index < -0.39 is 0 Å². The quantitative estimate of drug-likeness (QED) is 0.359.